The van der Waals surface area contributed by atoms with Gasteiger partial charge in [0.2, 0.25) is 6.79 Å². The van der Waals surface area contributed by atoms with Crippen molar-refractivity contribution in [2.24, 2.45) is 0 Å². The first-order valence-corrected chi connectivity index (χ1v) is 5.94. The van der Waals surface area contributed by atoms with E-state index in [9.17, 15) is 5.11 Å². The number of aromatic nitrogens is 1. The molecule has 1 aliphatic rings. The first-order chi connectivity index (χ1) is 9.22. The predicted molar refractivity (Wildman–Crippen MR) is 67.5 cm³/mol. The summed E-state index contributed by atoms with van der Waals surface area (Å²) < 4.78 is 16.2. The third kappa shape index (κ3) is 2.46. The fraction of sp³-hybridized carbons (Fsp3) is 0.214. The molecule has 5 nitrogen and oxygen atoms in total. The van der Waals surface area contributed by atoms with Gasteiger partial charge in [0.15, 0.2) is 11.5 Å². The third-order valence-corrected chi connectivity index (χ3v) is 2.77. The summed E-state index contributed by atoms with van der Waals surface area (Å²) in [6.07, 6.45) is 0.992. The third-order valence-electron chi connectivity index (χ3n) is 2.77. The van der Waals surface area contributed by atoms with Crippen molar-refractivity contribution in [3.05, 3.63) is 42.2 Å². The van der Waals surface area contributed by atoms with Crippen LogP contribution in [0.1, 0.15) is 18.7 Å². The highest BCUT2D eigenvalue weighted by atomic mass is 16.7. The lowest BCUT2D eigenvalue weighted by atomic mass is 10.2. The lowest BCUT2D eigenvalue weighted by molar-refractivity contribution is 0.174. The van der Waals surface area contributed by atoms with E-state index in [1.807, 2.05) is 0 Å². The summed E-state index contributed by atoms with van der Waals surface area (Å²) in [7, 11) is 0. The second-order valence-corrected chi connectivity index (χ2v) is 4.21. The molecule has 1 atom stereocenters. The zero-order valence-electron chi connectivity index (χ0n) is 10.4. The summed E-state index contributed by atoms with van der Waals surface area (Å²) in [5.41, 5.74) is 0.609. The van der Waals surface area contributed by atoms with Gasteiger partial charge in [0.05, 0.1) is 18.0 Å². The van der Waals surface area contributed by atoms with Crippen LogP contribution in [0.25, 0.3) is 0 Å². The molecule has 0 fully saturated rings. The Morgan fingerprint density at radius 1 is 1.16 bits per heavy atom. The largest absolute Gasteiger partial charge is 0.456 e. The maximum Gasteiger partial charge on any atom is 0.231 e. The van der Waals surface area contributed by atoms with Crippen molar-refractivity contribution in [3.63, 3.8) is 0 Å². The van der Waals surface area contributed by atoms with Crippen molar-refractivity contribution < 1.29 is 19.3 Å². The van der Waals surface area contributed by atoms with E-state index in [4.69, 9.17) is 14.2 Å². The highest BCUT2D eigenvalue weighted by molar-refractivity contribution is 5.47. The normalized spacial score (nSPS) is 14.2. The van der Waals surface area contributed by atoms with Gasteiger partial charge in [-0.05, 0) is 31.2 Å². The second kappa shape index (κ2) is 4.78. The molecule has 2 heterocycles. The Hall–Kier alpha value is -2.27. The van der Waals surface area contributed by atoms with Gasteiger partial charge in [0.25, 0.3) is 0 Å². The highest BCUT2D eigenvalue weighted by Gasteiger charge is 2.14. The number of aliphatic hydroxyl groups excluding tert-OH is 1. The van der Waals surface area contributed by atoms with Crippen molar-refractivity contribution in [2.75, 3.05) is 6.79 Å². The van der Waals surface area contributed by atoms with E-state index in [2.05, 4.69) is 4.98 Å². The fourth-order valence-electron chi connectivity index (χ4n) is 1.78. The van der Waals surface area contributed by atoms with Gasteiger partial charge < -0.3 is 19.3 Å². The second-order valence-electron chi connectivity index (χ2n) is 4.21. The molecule has 0 saturated carbocycles. The van der Waals surface area contributed by atoms with Gasteiger partial charge in [0.1, 0.15) is 11.5 Å². The Balaban J connectivity index is 1.77. The van der Waals surface area contributed by atoms with E-state index in [1.54, 1.807) is 43.5 Å². The molecule has 0 amide bonds. The molecule has 0 bridgehead atoms. The van der Waals surface area contributed by atoms with Crippen LogP contribution in [0.5, 0.6) is 23.0 Å². The minimum atomic E-state index is -0.584. The monoisotopic (exact) mass is 259 g/mol. The summed E-state index contributed by atoms with van der Waals surface area (Å²) in [5.74, 6) is 2.64. The fourth-order valence-corrected chi connectivity index (χ4v) is 1.78. The molecule has 3 rings (SSSR count). The van der Waals surface area contributed by atoms with Gasteiger partial charge in [-0.15, -0.1) is 0 Å². The summed E-state index contributed by atoms with van der Waals surface area (Å²) in [4.78, 5) is 4.12. The van der Waals surface area contributed by atoms with E-state index < -0.39 is 6.10 Å². The first-order valence-electron chi connectivity index (χ1n) is 5.94. The topological polar surface area (TPSA) is 60.8 Å². The van der Waals surface area contributed by atoms with Crippen molar-refractivity contribution in [1.29, 1.82) is 0 Å². The van der Waals surface area contributed by atoms with Gasteiger partial charge in [-0.1, -0.05) is 0 Å². The summed E-state index contributed by atoms with van der Waals surface area (Å²) in [6, 6.07) is 8.86. The Bertz CT molecular complexity index is 580. The molecule has 5 heteroatoms. The number of fused-ring (bicyclic) bond motifs is 1. The van der Waals surface area contributed by atoms with E-state index in [0.29, 0.717) is 22.9 Å². The van der Waals surface area contributed by atoms with Gasteiger partial charge in [-0.25, -0.2) is 0 Å². The van der Waals surface area contributed by atoms with Crippen LogP contribution in [0.15, 0.2) is 36.5 Å². The van der Waals surface area contributed by atoms with Crippen LogP contribution >= 0.6 is 0 Å². The summed E-state index contributed by atoms with van der Waals surface area (Å²) in [5, 5.41) is 9.38. The Morgan fingerprint density at radius 2 is 1.95 bits per heavy atom. The molecule has 0 saturated heterocycles. The number of hydrogen-bond acceptors (Lipinski definition) is 5. The highest BCUT2D eigenvalue weighted by Crippen LogP contribution is 2.36. The average molecular weight is 259 g/mol. The Kier molecular flexibility index (Phi) is 2.97. The van der Waals surface area contributed by atoms with Gasteiger partial charge in [-0.2, -0.15) is 0 Å². The molecule has 0 aliphatic carbocycles. The molecule has 0 radical (unpaired) electrons. The lowest BCUT2D eigenvalue weighted by Crippen LogP contribution is -1.95. The number of benzene rings is 1. The zero-order chi connectivity index (χ0) is 13.2. The summed E-state index contributed by atoms with van der Waals surface area (Å²) in [6.45, 7) is 1.91. The Labute approximate surface area is 110 Å². The standard InChI is InChI=1S/C14H13NO4/c1-9(16)12-4-2-11(7-15-12)19-10-3-5-13-14(6-10)18-8-17-13/h2-7,9,16H,8H2,1H3/t9-/m0/s1. The molecule has 19 heavy (non-hydrogen) atoms. The maximum absolute atomic E-state index is 9.38. The average Bonchev–Trinajstić information content (AvgIpc) is 2.87. The van der Waals surface area contributed by atoms with Crippen LogP contribution in [-0.2, 0) is 0 Å². The molecule has 98 valence electrons. The first kappa shape index (κ1) is 11.8. The van der Waals surface area contributed by atoms with Gasteiger partial charge >= 0.3 is 0 Å². The SMILES string of the molecule is C[C@H](O)c1ccc(Oc2ccc3c(c2)OCO3)cn1. The van der Waals surface area contributed by atoms with Crippen LogP contribution < -0.4 is 14.2 Å². The van der Waals surface area contributed by atoms with Gasteiger partial charge in [0, 0.05) is 6.07 Å². The van der Waals surface area contributed by atoms with Crippen LogP contribution in [-0.4, -0.2) is 16.9 Å². The molecular formula is C14H13NO4. The zero-order valence-corrected chi connectivity index (χ0v) is 10.4. The number of aliphatic hydroxyl groups is 1. The number of rotatable bonds is 3. The van der Waals surface area contributed by atoms with E-state index in [-0.39, 0.29) is 6.79 Å². The molecule has 1 aliphatic heterocycles. The molecule has 1 aromatic carbocycles. The smallest absolute Gasteiger partial charge is 0.231 e. The minimum Gasteiger partial charge on any atom is -0.456 e. The molecule has 0 spiro atoms. The maximum atomic E-state index is 9.38. The van der Waals surface area contributed by atoms with Crippen LogP contribution in [0.2, 0.25) is 0 Å². The molecule has 2 aromatic rings. The van der Waals surface area contributed by atoms with Gasteiger partial charge in [-0.3, -0.25) is 4.98 Å². The number of hydrogen-bond donors (Lipinski definition) is 1. The van der Waals surface area contributed by atoms with Crippen molar-refractivity contribution in [1.82, 2.24) is 4.98 Å². The number of ether oxygens (including phenoxy) is 3. The molecular weight excluding hydrogens is 246 g/mol. The molecule has 0 unspecified atom stereocenters. The lowest BCUT2D eigenvalue weighted by Gasteiger charge is -2.08. The Morgan fingerprint density at radius 3 is 2.68 bits per heavy atom. The van der Waals surface area contributed by atoms with Crippen molar-refractivity contribution in [3.8, 4) is 23.0 Å². The van der Waals surface area contributed by atoms with Crippen molar-refractivity contribution in [2.45, 2.75) is 13.0 Å². The molecule has 1 aromatic heterocycles. The van der Waals surface area contributed by atoms with Crippen LogP contribution in [0, 0.1) is 0 Å². The summed E-state index contributed by atoms with van der Waals surface area (Å²) >= 11 is 0. The molecule has 1 N–H and O–H groups in total. The van der Waals surface area contributed by atoms with Crippen LogP contribution in [0.4, 0.5) is 0 Å². The number of pyridine rings is 1. The van der Waals surface area contributed by atoms with Crippen molar-refractivity contribution >= 4 is 0 Å². The quantitative estimate of drug-likeness (QED) is 0.918. The number of nitrogens with zero attached hydrogens (tertiary/aromatic N) is 1. The van der Waals surface area contributed by atoms with E-state index in [1.165, 1.54) is 0 Å². The predicted octanol–water partition coefficient (Wildman–Crippen LogP) is 2.66. The van der Waals surface area contributed by atoms with E-state index in [0.717, 1.165) is 5.75 Å². The van der Waals surface area contributed by atoms with E-state index >= 15 is 0 Å². The van der Waals surface area contributed by atoms with Crippen LogP contribution in [0.3, 0.4) is 0 Å². The minimum absolute atomic E-state index is 0.240.